The molecule has 33 heavy (non-hydrogen) atoms. The number of carbonyl (C=O) groups excluding carboxylic acids is 1. The van der Waals surface area contributed by atoms with Gasteiger partial charge in [-0.05, 0) is 36.1 Å². The van der Waals surface area contributed by atoms with Crippen LogP contribution >= 0.6 is 0 Å². The lowest BCUT2D eigenvalue weighted by atomic mass is 9.80. The van der Waals surface area contributed by atoms with Crippen LogP contribution in [0, 0.1) is 17.6 Å². The summed E-state index contributed by atoms with van der Waals surface area (Å²) in [5.41, 5.74) is 8.42. The Balaban J connectivity index is 1.30. The molecule has 0 spiro atoms. The second-order valence-electron chi connectivity index (χ2n) is 8.62. The molecule has 5 rings (SSSR count). The van der Waals surface area contributed by atoms with E-state index in [-0.39, 0.29) is 41.6 Å². The Hall–Kier alpha value is -3.21. The van der Waals surface area contributed by atoms with Gasteiger partial charge in [0, 0.05) is 61.1 Å². The largest absolute Gasteiger partial charge is 0.326 e. The first kappa shape index (κ1) is 21.6. The fraction of sp³-hybridized carbons (Fsp3) is 0.348. The van der Waals surface area contributed by atoms with Crippen LogP contribution in [0.25, 0.3) is 0 Å². The van der Waals surface area contributed by atoms with E-state index in [0.717, 1.165) is 11.1 Å². The summed E-state index contributed by atoms with van der Waals surface area (Å²) in [6.07, 6.45) is 7.57. The summed E-state index contributed by atoms with van der Waals surface area (Å²) in [7, 11) is 1.86. The Morgan fingerprint density at radius 1 is 1.24 bits per heavy atom. The molecule has 4 unspecified atom stereocenters. The van der Waals surface area contributed by atoms with E-state index in [9.17, 15) is 4.79 Å². The van der Waals surface area contributed by atoms with E-state index in [1.807, 2.05) is 19.4 Å². The van der Waals surface area contributed by atoms with Gasteiger partial charge in [-0.2, -0.15) is 5.10 Å². The third-order valence-electron chi connectivity index (χ3n) is 6.34. The topological polar surface area (TPSA) is 95.9 Å². The highest BCUT2D eigenvalue weighted by molar-refractivity contribution is 5.92. The molecule has 0 bridgehead atoms. The zero-order chi connectivity index (χ0) is 22.9. The lowest BCUT2D eigenvalue weighted by molar-refractivity contribution is -0.115. The molecular weight excluding hydrogens is 428 g/mol. The number of aromatic nitrogens is 3. The molecule has 1 amide bonds. The van der Waals surface area contributed by atoms with E-state index >= 15 is 8.78 Å². The number of piperidine rings is 1. The summed E-state index contributed by atoms with van der Waals surface area (Å²) in [6.45, 7) is 0.571. The van der Waals surface area contributed by atoms with Gasteiger partial charge in [-0.1, -0.05) is 6.07 Å². The monoisotopic (exact) mass is 453 g/mol. The maximum absolute atomic E-state index is 15.1. The smallest absolute Gasteiger partial charge is 0.228 e. The van der Waals surface area contributed by atoms with Gasteiger partial charge >= 0.3 is 0 Å². The van der Waals surface area contributed by atoms with E-state index in [2.05, 4.69) is 31.6 Å². The highest BCUT2D eigenvalue weighted by atomic mass is 19.1. The molecule has 2 aliphatic heterocycles. The first-order valence-electron chi connectivity index (χ1n) is 10.9. The summed E-state index contributed by atoms with van der Waals surface area (Å²) in [5.74, 6) is -1.59. The molecule has 8 nitrogen and oxygen atoms in total. The number of hydrazine groups is 1. The number of rotatable bonds is 5. The molecule has 10 heteroatoms. The molecule has 0 saturated carbocycles. The maximum atomic E-state index is 15.1. The predicted molar refractivity (Wildman–Crippen MR) is 118 cm³/mol. The van der Waals surface area contributed by atoms with Crippen LogP contribution in [-0.2, 0) is 18.3 Å². The fourth-order valence-electron chi connectivity index (χ4n) is 4.80. The van der Waals surface area contributed by atoms with Gasteiger partial charge in [-0.3, -0.25) is 19.9 Å². The lowest BCUT2D eigenvalue weighted by Crippen LogP contribution is -2.46. The fourth-order valence-corrected chi connectivity index (χ4v) is 4.80. The summed E-state index contributed by atoms with van der Waals surface area (Å²) in [4.78, 5) is 16.2. The number of benzene rings is 1. The molecule has 0 radical (unpaired) electrons. The molecule has 2 aromatic heterocycles. The lowest BCUT2D eigenvalue weighted by Gasteiger charge is -2.34. The third kappa shape index (κ3) is 4.50. The van der Waals surface area contributed by atoms with Gasteiger partial charge in [0.05, 0.1) is 18.7 Å². The van der Waals surface area contributed by atoms with E-state index in [4.69, 9.17) is 0 Å². The van der Waals surface area contributed by atoms with Crippen molar-refractivity contribution in [1.29, 1.82) is 0 Å². The normalized spacial score (nSPS) is 24.5. The van der Waals surface area contributed by atoms with Gasteiger partial charge in [0.1, 0.15) is 11.6 Å². The van der Waals surface area contributed by atoms with E-state index < -0.39 is 17.7 Å². The minimum Gasteiger partial charge on any atom is -0.326 e. The average Bonchev–Trinajstić information content (AvgIpc) is 3.39. The number of halogens is 2. The predicted octanol–water partition coefficient (Wildman–Crippen LogP) is 2.14. The minimum absolute atomic E-state index is 0.00412. The highest BCUT2D eigenvalue weighted by Gasteiger charge is 2.42. The SMILES string of the molecule is Cn1cc(C2NNC3CNC(c4c(F)cc(NC(=O)Cc5cccnc5)cc4F)CC32)cn1. The van der Waals surface area contributed by atoms with E-state index in [0.29, 0.717) is 13.0 Å². The van der Waals surface area contributed by atoms with Crippen LogP contribution in [0.3, 0.4) is 0 Å². The van der Waals surface area contributed by atoms with Crippen LogP contribution in [0.4, 0.5) is 14.5 Å². The molecule has 0 aliphatic carbocycles. The Kier molecular flexibility index (Phi) is 5.88. The highest BCUT2D eigenvalue weighted by Crippen LogP contribution is 2.39. The van der Waals surface area contributed by atoms with Crippen molar-refractivity contribution in [3.63, 3.8) is 0 Å². The molecule has 1 aromatic carbocycles. The number of hydrogen-bond acceptors (Lipinski definition) is 6. The van der Waals surface area contributed by atoms with Crippen LogP contribution in [0.2, 0.25) is 0 Å². The molecule has 2 saturated heterocycles. The van der Waals surface area contributed by atoms with E-state index in [1.165, 1.54) is 12.1 Å². The van der Waals surface area contributed by atoms with Gasteiger partial charge in [-0.15, -0.1) is 0 Å². The number of nitrogens with one attached hydrogen (secondary N) is 4. The molecular formula is C23H25F2N7O. The second kappa shape index (κ2) is 8.97. The molecule has 2 aliphatic rings. The number of nitrogens with zero attached hydrogens (tertiary/aromatic N) is 3. The maximum Gasteiger partial charge on any atom is 0.228 e. The Bertz CT molecular complexity index is 1130. The van der Waals surface area contributed by atoms with Gasteiger partial charge in [0.15, 0.2) is 0 Å². The Labute approximate surface area is 189 Å². The summed E-state index contributed by atoms with van der Waals surface area (Å²) < 4.78 is 31.8. The quantitative estimate of drug-likeness (QED) is 0.473. The van der Waals surface area contributed by atoms with Crippen LogP contribution in [0.15, 0.2) is 49.1 Å². The number of carbonyl (C=O) groups is 1. The number of pyridine rings is 1. The van der Waals surface area contributed by atoms with Crippen molar-refractivity contribution in [2.45, 2.75) is 31.0 Å². The zero-order valence-electron chi connectivity index (χ0n) is 18.1. The van der Waals surface area contributed by atoms with Gasteiger partial charge in [0.25, 0.3) is 0 Å². The molecule has 4 atom stereocenters. The third-order valence-corrected chi connectivity index (χ3v) is 6.34. The number of fused-ring (bicyclic) bond motifs is 1. The Morgan fingerprint density at radius 2 is 2.06 bits per heavy atom. The van der Waals surface area contributed by atoms with Crippen molar-refractivity contribution < 1.29 is 13.6 Å². The van der Waals surface area contributed by atoms with Gasteiger partial charge < -0.3 is 10.6 Å². The van der Waals surface area contributed by atoms with Crippen molar-refractivity contribution in [2.24, 2.45) is 13.0 Å². The summed E-state index contributed by atoms with van der Waals surface area (Å²) in [6, 6.07) is 5.52. The van der Waals surface area contributed by atoms with E-state index in [1.54, 1.807) is 29.2 Å². The number of hydrogen-bond donors (Lipinski definition) is 4. The average molecular weight is 453 g/mol. The molecule has 4 heterocycles. The van der Waals surface area contributed by atoms with Crippen molar-refractivity contribution in [1.82, 2.24) is 30.9 Å². The zero-order valence-corrected chi connectivity index (χ0v) is 18.1. The van der Waals surface area contributed by atoms with Crippen molar-refractivity contribution >= 4 is 11.6 Å². The second-order valence-corrected chi connectivity index (χ2v) is 8.62. The number of aryl methyl sites for hydroxylation is 1. The Morgan fingerprint density at radius 3 is 2.76 bits per heavy atom. The summed E-state index contributed by atoms with van der Waals surface area (Å²) in [5, 5.41) is 10.1. The van der Waals surface area contributed by atoms with Gasteiger partial charge in [0.2, 0.25) is 5.91 Å². The minimum atomic E-state index is -0.681. The molecule has 3 aromatic rings. The van der Waals surface area contributed by atoms with Crippen LogP contribution < -0.4 is 21.5 Å². The van der Waals surface area contributed by atoms with Crippen molar-refractivity contribution in [3.05, 3.63) is 77.4 Å². The van der Waals surface area contributed by atoms with Gasteiger partial charge in [-0.25, -0.2) is 14.2 Å². The number of amides is 1. The van der Waals surface area contributed by atoms with Crippen LogP contribution in [0.1, 0.15) is 35.2 Å². The molecule has 4 N–H and O–H groups in total. The van der Waals surface area contributed by atoms with Crippen LogP contribution in [-0.4, -0.2) is 33.3 Å². The standard InChI is InChI=1S/C23H25F2N7O/c1-32-12-14(10-28-32)23-16-8-19(27-11-20(16)30-31-23)22-17(24)6-15(7-18(22)25)29-21(33)5-13-3-2-4-26-9-13/h2-4,6-7,9-10,12,16,19-20,23,27,30-31H,5,8,11H2,1H3,(H,29,33). The molecule has 2 fully saturated rings. The molecule has 172 valence electrons. The number of anilines is 1. The first-order chi connectivity index (χ1) is 16.0. The van der Waals surface area contributed by atoms with Crippen molar-refractivity contribution in [2.75, 3.05) is 11.9 Å². The first-order valence-corrected chi connectivity index (χ1v) is 10.9. The van der Waals surface area contributed by atoms with Crippen LogP contribution in [0.5, 0.6) is 0 Å². The summed E-state index contributed by atoms with van der Waals surface area (Å²) >= 11 is 0. The van der Waals surface area contributed by atoms with Crippen molar-refractivity contribution in [3.8, 4) is 0 Å².